The molecule has 2 amide bonds. The maximum atomic E-state index is 14.2. The Morgan fingerprint density at radius 1 is 0.605 bits per heavy atom. The number of rotatable bonds is 6. The molecule has 1 heterocycles. The first-order chi connectivity index (χ1) is 18.3. The molecule has 4 aromatic carbocycles. The monoisotopic (exact) mass is 518 g/mol. The van der Waals surface area contributed by atoms with Gasteiger partial charge in [-0.2, -0.15) is 13.2 Å². The van der Waals surface area contributed by atoms with E-state index in [-0.39, 0.29) is 6.03 Å². The van der Waals surface area contributed by atoms with Gasteiger partial charge in [-0.3, -0.25) is 9.80 Å². The average Bonchev–Trinajstić information content (AvgIpc) is 3.25. The number of amides is 2. The lowest BCUT2D eigenvalue weighted by atomic mass is 9.92. The summed E-state index contributed by atoms with van der Waals surface area (Å²) in [6.45, 7) is 0. The zero-order valence-corrected chi connectivity index (χ0v) is 20.7. The minimum atomic E-state index is -4.46. The number of hydrogen-bond donors (Lipinski definition) is 0. The van der Waals surface area contributed by atoms with Gasteiger partial charge in [-0.05, 0) is 71.8 Å². The number of anilines is 2. The molecule has 0 aliphatic carbocycles. The van der Waals surface area contributed by atoms with Crippen molar-refractivity contribution < 1.29 is 27.4 Å². The van der Waals surface area contributed by atoms with Gasteiger partial charge in [0.2, 0.25) is 0 Å². The molecule has 5 rings (SSSR count). The molecule has 0 N–H and O–H groups in total. The third kappa shape index (κ3) is 4.65. The van der Waals surface area contributed by atoms with Crippen LogP contribution in [0.15, 0.2) is 103 Å². The first kappa shape index (κ1) is 25.2. The van der Waals surface area contributed by atoms with Crippen molar-refractivity contribution in [1.29, 1.82) is 0 Å². The molecular weight excluding hydrogens is 493 g/mol. The molecule has 0 aromatic heterocycles. The molecule has 1 fully saturated rings. The van der Waals surface area contributed by atoms with Crippen molar-refractivity contribution >= 4 is 17.4 Å². The largest absolute Gasteiger partial charge is 0.497 e. The summed E-state index contributed by atoms with van der Waals surface area (Å²) < 4.78 is 50.7. The van der Waals surface area contributed by atoms with Crippen molar-refractivity contribution in [3.63, 3.8) is 0 Å². The summed E-state index contributed by atoms with van der Waals surface area (Å²) in [6, 6.07) is 27.2. The van der Waals surface area contributed by atoms with Crippen LogP contribution in [0.1, 0.15) is 28.8 Å². The first-order valence-electron chi connectivity index (χ1n) is 11.9. The van der Waals surface area contributed by atoms with Gasteiger partial charge in [0.25, 0.3) is 0 Å². The van der Waals surface area contributed by atoms with Crippen molar-refractivity contribution in [3.05, 3.63) is 120 Å². The summed E-state index contributed by atoms with van der Waals surface area (Å²) in [4.78, 5) is 17.5. The number of ether oxygens (including phenoxy) is 2. The molecule has 1 aliphatic heterocycles. The molecule has 4 aromatic rings. The summed E-state index contributed by atoms with van der Waals surface area (Å²) >= 11 is 0. The lowest BCUT2D eigenvalue weighted by molar-refractivity contribution is -0.137. The lowest BCUT2D eigenvalue weighted by Gasteiger charge is -2.29. The average molecular weight is 519 g/mol. The second-order valence-electron chi connectivity index (χ2n) is 8.84. The number of nitrogens with zero attached hydrogens (tertiary/aromatic N) is 2. The highest BCUT2D eigenvalue weighted by Gasteiger charge is 2.49. The molecule has 0 radical (unpaired) electrons. The van der Waals surface area contributed by atoms with E-state index in [1.807, 2.05) is 30.3 Å². The smallest absolute Gasteiger partial charge is 0.416 e. The Balaban J connectivity index is 1.70. The van der Waals surface area contributed by atoms with E-state index in [1.165, 1.54) is 12.1 Å². The molecule has 0 spiro atoms. The number of alkyl halides is 3. The Labute approximate surface area is 218 Å². The predicted molar refractivity (Wildman–Crippen MR) is 140 cm³/mol. The maximum Gasteiger partial charge on any atom is 0.416 e. The molecule has 2 atom stereocenters. The van der Waals surface area contributed by atoms with Gasteiger partial charge < -0.3 is 9.47 Å². The molecule has 0 saturated carbocycles. The van der Waals surface area contributed by atoms with E-state index in [4.69, 9.17) is 9.47 Å². The van der Waals surface area contributed by atoms with Gasteiger partial charge in [-0.1, -0.05) is 42.5 Å². The molecular formula is C30H25F3N2O3. The normalized spacial score (nSPS) is 17.6. The standard InChI is InChI=1S/C30H25F3N2O3/c1-37-25-16-12-23(13-17-25)34-27(20-6-4-3-5-7-20)28(21-8-10-22(11-9-21)30(31,32)33)35(29(34)36)24-14-18-26(38-2)19-15-24/h3-19,27-28H,1-2H3/t27-,28+/m1/s1. The van der Waals surface area contributed by atoms with Crippen LogP contribution in [0.3, 0.4) is 0 Å². The lowest BCUT2D eigenvalue weighted by Crippen LogP contribution is -2.32. The van der Waals surface area contributed by atoms with Crippen molar-refractivity contribution in [2.24, 2.45) is 0 Å². The van der Waals surface area contributed by atoms with E-state index in [2.05, 4.69) is 0 Å². The SMILES string of the molecule is COc1ccc(N2C(=O)N(c3ccc(OC)cc3)[C@@H](c3ccc(C(F)(F)F)cc3)[C@H]2c2ccccc2)cc1. The van der Waals surface area contributed by atoms with E-state index < -0.39 is 23.8 Å². The first-order valence-corrected chi connectivity index (χ1v) is 11.9. The highest BCUT2D eigenvalue weighted by atomic mass is 19.4. The van der Waals surface area contributed by atoms with Crippen LogP contribution < -0.4 is 19.3 Å². The molecule has 0 unspecified atom stereocenters. The number of halogens is 3. The zero-order valence-electron chi connectivity index (χ0n) is 20.7. The van der Waals surface area contributed by atoms with Gasteiger partial charge in [0.15, 0.2) is 0 Å². The fourth-order valence-electron chi connectivity index (χ4n) is 4.85. The van der Waals surface area contributed by atoms with Crippen molar-refractivity contribution in [3.8, 4) is 11.5 Å². The van der Waals surface area contributed by atoms with Crippen LogP contribution in [-0.4, -0.2) is 20.3 Å². The van der Waals surface area contributed by atoms with Crippen LogP contribution >= 0.6 is 0 Å². The Hall–Kier alpha value is -4.46. The van der Waals surface area contributed by atoms with Crippen LogP contribution in [0.5, 0.6) is 11.5 Å². The molecule has 8 heteroatoms. The number of carbonyl (C=O) groups is 1. The van der Waals surface area contributed by atoms with E-state index in [9.17, 15) is 18.0 Å². The Bertz CT molecular complexity index is 1390. The van der Waals surface area contributed by atoms with Gasteiger partial charge in [0.1, 0.15) is 11.5 Å². The molecule has 1 saturated heterocycles. The fraction of sp³-hybridized carbons (Fsp3) is 0.167. The van der Waals surface area contributed by atoms with E-state index >= 15 is 0 Å². The Morgan fingerprint density at radius 3 is 1.42 bits per heavy atom. The molecule has 0 bridgehead atoms. The van der Waals surface area contributed by atoms with Crippen LogP contribution in [0, 0.1) is 0 Å². The van der Waals surface area contributed by atoms with Gasteiger partial charge in [-0.25, -0.2) is 4.79 Å². The number of urea groups is 1. The van der Waals surface area contributed by atoms with E-state index in [1.54, 1.807) is 72.6 Å². The molecule has 194 valence electrons. The summed E-state index contributed by atoms with van der Waals surface area (Å²) in [5.74, 6) is 1.26. The predicted octanol–water partition coefficient (Wildman–Crippen LogP) is 7.65. The highest BCUT2D eigenvalue weighted by molar-refractivity contribution is 6.08. The Morgan fingerprint density at radius 2 is 1.03 bits per heavy atom. The van der Waals surface area contributed by atoms with Crippen LogP contribution in [0.2, 0.25) is 0 Å². The van der Waals surface area contributed by atoms with Gasteiger partial charge in [-0.15, -0.1) is 0 Å². The third-order valence-electron chi connectivity index (χ3n) is 6.69. The number of hydrogen-bond acceptors (Lipinski definition) is 3. The zero-order chi connectivity index (χ0) is 26.9. The molecule has 1 aliphatic rings. The number of carbonyl (C=O) groups excluding carboxylic acids is 1. The number of benzene rings is 4. The fourth-order valence-corrected chi connectivity index (χ4v) is 4.85. The van der Waals surface area contributed by atoms with Crippen LogP contribution in [0.25, 0.3) is 0 Å². The van der Waals surface area contributed by atoms with Crippen LogP contribution in [0.4, 0.5) is 29.3 Å². The third-order valence-corrected chi connectivity index (χ3v) is 6.69. The van der Waals surface area contributed by atoms with E-state index in [0.29, 0.717) is 28.4 Å². The van der Waals surface area contributed by atoms with Gasteiger partial charge in [0.05, 0.1) is 31.9 Å². The highest BCUT2D eigenvalue weighted by Crippen LogP contribution is 2.49. The van der Waals surface area contributed by atoms with Crippen molar-refractivity contribution in [2.75, 3.05) is 24.0 Å². The number of methoxy groups -OCH3 is 2. The quantitative estimate of drug-likeness (QED) is 0.263. The topological polar surface area (TPSA) is 42.0 Å². The van der Waals surface area contributed by atoms with Gasteiger partial charge >= 0.3 is 12.2 Å². The summed E-state index contributed by atoms with van der Waals surface area (Å²) in [5.41, 5.74) is 1.91. The molecule has 38 heavy (non-hydrogen) atoms. The van der Waals surface area contributed by atoms with E-state index in [0.717, 1.165) is 17.7 Å². The molecule has 5 nitrogen and oxygen atoms in total. The van der Waals surface area contributed by atoms with Crippen LogP contribution in [-0.2, 0) is 6.18 Å². The minimum Gasteiger partial charge on any atom is -0.497 e. The Kier molecular flexibility index (Phi) is 6.72. The minimum absolute atomic E-state index is 0.306. The summed E-state index contributed by atoms with van der Waals surface area (Å²) in [7, 11) is 3.12. The second-order valence-corrected chi connectivity index (χ2v) is 8.84. The maximum absolute atomic E-state index is 14.2. The van der Waals surface area contributed by atoms with Gasteiger partial charge in [0, 0.05) is 11.4 Å². The summed E-state index contributed by atoms with van der Waals surface area (Å²) in [6.07, 6.45) is -4.46. The summed E-state index contributed by atoms with van der Waals surface area (Å²) in [5, 5.41) is 0. The second kappa shape index (κ2) is 10.1. The van der Waals surface area contributed by atoms with Crippen molar-refractivity contribution in [1.82, 2.24) is 0 Å². The van der Waals surface area contributed by atoms with Crippen molar-refractivity contribution in [2.45, 2.75) is 18.3 Å².